The van der Waals surface area contributed by atoms with Crippen LogP contribution in [-0.2, 0) is 4.74 Å². The fraction of sp³-hybridized carbons (Fsp3) is 0.438. The Bertz CT molecular complexity index is 576. The second kappa shape index (κ2) is 7.06. The van der Waals surface area contributed by atoms with Gasteiger partial charge in [0.2, 0.25) is 0 Å². The van der Waals surface area contributed by atoms with Gasteiger partial charge in [0.1, 0.15) is 11.3 Å². The van der Waals surface area contributed by atoms with Gasteiger partial charge in [-0.2, -0.15) is 0 Å². The zero-order chi connectivity index (χ0) is 16.9. The molecule has 6 nitrogen and oxygen atoms in total. The number of carbonyl (C=O) groups excluding carboxylic acids is 1. The lowest BCUT2D eigenvalue weighted by molar-refractivity contribution is -0.384. The zero-order valence-corrected chi connectivity index (χ0v) is 13.5. The molecule has 1 aromatic rings. The van der Waals surface area contributed by atoms with Gasteiger partial charge in [0, 0.05) is 12.1 Å². The minimum absolute atomic E-state index is 0.0857. The van der Waals surface area contributed by atoms with Crippen LogP contribution >= 0.6 is 0 Å². The Morgan fingerprint density at radius 3 is 2.59 bits per heavy atom. The summed E-state index contributed by atoms with van der Waals surface area (Å²) in [6, 6.07) is 4.88. The smallest absolute Gasteiger partial charge is 0.415 e. The highest BCUT2D eigenvalue weighted by atomic mass is 16.6. The van der Waals surface area contributed by atoms with Crippen molar-refractivity contribution in [3.63, 3.8) is 0 Å². The van der Waals surface area contributed by atoms with E-state index in [0.29, 0.717) is 12.0 Å². The van der Waals surface area contributed by atoms with E-state index in [-0.39, 0.29) is 17.9 Å². The summed E-state index contributed by atoms with van der Waals surface area (Å²) >= 11 is 0. The SMILES string of the molecule is C=CCCN(C(=O)OC(C)(C)C)c1cccc(C)c1[N+](=O)[O-]. The number of nitro groups is 1. The molecule has 0 fully saturated rings. The highest BCUT2D eigenvalue weighted by Crippen LogP contribution is 2.32. The number of rotatable bonds is 5. The third kappa shape index (κ3) is 4.58. The molecule has 0 saturated carbocycles. The largest absolute Gasteiger partial charge is 0.443 e. The van der Waals surface area contributed by atoms with Crippen molar-refractivity contribution in [2.24, 2.45) is 0 Å². The van der Waals surface area contributed by atoms with Crippen molar-refractivity contribution in [2.75, 3.05) is 11.4 Å². The van der Waals surface area contributed by atoms with Gasteiger partial charge in [-0.25, -0.2) is 4.79 Å². The van der Waals surface area contributed by atoms with E-state index in [1.807, 2.05) is 0 Å². The van der Waals surface area contributed by atoms with Crippen LogP contribution in [0.3, 0.4) is 0 Å². The van der Waals surface area contributed by atoms with Crippen LogP contribution in [0.4, 0.5) is 16.2 Å². The summed E-state index contributed by atoms with van der Waals surface area (Å²) in [5, 5.41) is 11.3. The van der Waals surface area contributed by atoms with Gasteiger partial charge in [-0.3, -0.25) is 15.0 Å². The number of hydrogen-bond donors (Lipinski definition) is 0. The molecule has 0 aliphatic rings. The molecular formula is C16H22N2O4. The van der Waals surface area contributed by atoms with Crippen LogP contribution in [0.1, 0.15) is 32.8 Å². The lowest BCUT2D eigenvalue weighted by Crippen LogP contribution is -2.37. The average molecular weight is 306 g/mol. The highest BCUT2D eigenvalue weighted by Gasteiger charge is 2.29. The molecule has 6 heteroatoms. The molecule has 0 atom stereocenters. The molecule has 0 saturated heterocycles. The van der Waals surface area contributed by atoms with E-state index in [4.69, 9.17) is 4.74 Å². The van der Waals surface area contributed by atoms with Crippen molar-refractivity contribution in [1.29, 1.82) is 0 Å². The van der Waals surface area contributed by atoms with Crippen LogP contribution in [0, 0.1) is 17.0 Å². The number of aryl methyl sites for hydroxylation is 1. The number of nitro benzene ring substituents is 1. The molecule has 0 bridgehead atoms. The lowest BCUT2D eigenvalue weighted by Gasteiger charge is -2.27. The van der Waals surface area contributed by atoms with Gasteiger partial charge in [0.15, 0.2) is 0 Å². The van der Waals surface area contributed by atoms with E-state index in [9.17, 15) is 14.9 Å². The third-order valence-corrected chi connectivity index (χ3v) is 2.86. The lowest BCUT2D eigenvalue weighted by atomic mass is 10.1. The summed E-state index contributed by atoms with van der Waals surface area (Å²) in [5.41, 5.74) is -0.0320. The van der Waals surface area contributed by atoms with Gasteiger partial charge >= 0.3 is 6.09 Å². The van der Waals surface area contributed by atoms with Crippen LogP contribution in [0.25, 0.3) is 0 Å². The minimum atomic E-state index is -0.678. The molecule has 0 heterocycles. The number of carbonyl (C=O) groups is 1. The maximum atomic E-state index is 12.4. The van der Waals surface area contributed by atoms with Crippen molar-refractivity contribution in [3.05, 3.63) is 46.5 Å². The summed E-state index contributed by atoms with van der Waals surface area (Å²) in [4.78, 5) is 24.5. The van der Waals surface area contributed by atoms with Crippen molar-refractivity contribution in [2.45, 2.75) is 39.7 Å². The maximum absolute atomic E-state index is 12.4. The molecule has 0 aliphatic heterocycles. The van der Waals surface area contributed by atoms with Gasteiger partial charge in [-0.1, -0.05) is 18.2 Å². The Hall–Kier alpha value is -2.37. The van der Waals surface area contributed by atoms with Crippen LogP contribution in [0.15, 0.2) is 30.9 Å². The predicted molar refractivity (Wildman–Crippen MR) is 86.2 cm³/mol. The molecule has 0 N–H and O–H groups in total. The van der Waals surface area contributed by atoms with Gasteiger partial charge in [0.25, 0.3) is 5.69 Å². The Morgan fingerprint density at radius 1 is 1.45 bits per heavy atom. The first kappa shape index (κ1) is 17.7. The third-order valence-electron chi connectivity index (χ3n) is 2.86. The summed E-state index contributed by atoms with van der Waals surface area (Å²) in [6.45, 7) is 10.8. The first-order valence-electron chi connectivity index (χ1n) is 7.03. The maximum Gasteiger partial charge on any atom is 0.415 e. The molecule has 1 rings (SSSR count). The normalized spacial score (nSPS) is 10.9. The zero-order valence-electron chi connectivity index (χ0n) is 13.5. The molecule has 120 valence electrons. The Labute approximate surface area is 130 Å². The molecule has 22 heavy (non-hydrogen) atoms. The van der Waals surface area contributed by atoms with Crippen LogP contribution < -0.4 is 4.90 Å². The first-order chi connectivity index (χ1) is 10.2. The van der Waals surface area contributed by atoms with E-state index in [2.05, 4.69) is 6.58 Å². The number of anilines is 1. The van der Waals surface area contributed by atoms with Gasteiger partial charge in [0.05, 0.1) is 4.92 Å². The number of para-hydroxylation sites is 1. The van der Waals surface area contributed by atoms with Crippen LogP contribution in [0.5, 0.6) is 0 Å². The number of hydrogen-bond acceptors (Lipinski definition) is 4. The van der Waals surface area contributed by atoms with E-state index in [0.717, 1.165) is 0 Å². The van der Waals surface area contributed by atoms with E-state index in [1.165, 1.54) is 4.90 Å². The monoisotopic (exact) mass is 306 g/mol. The fourth-order valence-electron chi connectivity index (χ4n) is 1.95. The van der Waals surface area contributed by atoms with E-state index >= 15 is 0 Å². The predicted octanol–water partition coefficient (Wildman–Crippen LogP) is 4.22. The second-order valence-electron chi connectivity index (χ2n) is 5.91. The topological polar surface area (TPSA) is 72.7 Å². The number of benzene rings is 1. The Balaban J connectivity index is 3.28. The van der Waals surface area contributed by atoms with Gasteiger partial charge in [-0.15, -0.1) is 6.58 Å². The van der Waals surface area contributed by atoms with E-state index < -0.39 is 16.6 Å². The van der Waals surface area contributed by atoms with Gasteiger partial charge < -0.3 is 4.74 Å². The van der Waals surface area contributed by atoms with Crippen molar-refractivity contribution >= 4 is 17.5 Å². The summed E-state index contributed by atoms with van der Waals surface area (Å²) in [6.07, 6.45) is 1.55. The molecule has 1 aromatic carbocycles. The summed E-state index contributed by atoms with van der Waals surface area (Å²) < 4.78 is 5.36. The van der Waals surface area contributed by atoms with Crippen molar-refractivity contribution in [3.8, 4) is 0 Å². The van der Waals surface area contributed by atoms with E-state index in [1.54, 1.807) is 52.0 Å². The highest BCUT2D eigenvalue weighted by molar-refractivity contribution is 5.91. The van der Waals surface area contributed by atoms with Crippen molar-refractivity contribution in [1.82, 2.24) is 0 Å². The van der Waals surface area contributed by atoms with Crippen LogP contribution in [-0.4, -0.2) is 23.2 Å². The molecule has 1 amide bonds. The van der Waals surface area contributed by atoms with Crippen LogP contribution in [0.2, 0.25) is 0 Å². The minimum Gasteiger partial charge on any atom is -0.443 e. The molecular weight excluding hydrogens is 284 g/mol. The summed E-state index contributed by atoms with van der Waals surface area (Å²) in [7, 11) is 0. The first-order valence-corrected chi connectivity index (χ1v) is 7.03. The quantitative estimate of drug-likeness (QED) is 0.464. The number of amides is 1. The van der Waals surface area contributed by atoms with Crippen molar-refractivity contribution < 1.29 is 14.5 Å². The standard InChI is InChI=1S/C16H22N2O4/c1-6-7-11-17(15(19)22-16(3,4)5)13-10-8-9-12(2)14(13)18(20)21/h6,8-10H,1,7,11H2,2-5H3. The average Bonchev–Trinajstić information content (AvgIpc) is 2.36. The Morgan fingerprint density at radius 2 is 2.09 bits per heavy atom. The molecule has 0 spiro atoms. The molecule has 0 aromatic heterocycles. The van der Waals surface area contributed by atoms with Gasteiger partial charge in [-0.05, 0) is 40.2 Å². The Kier molecular flexibility index (Phi) is 5.68. The number of nitrogens with zero attached hydrogens (tertiary/aromatic N) is 2. The molecule has 0 aliphatic carbocycles. The molecule has 0 unspecified atom stereocenters. The summed E-state index contributed by atoms with van der Waals surface area (Å²) in [5.74, 6) is 0. The number of ether oxygens (including phenoxy) is 1. The second-order valence-corrected chi connectivity index (χ2v) is 5.91. The molecule has 0 radical (unpaired) electrons. The fourth-order valence-corrected chi connectivity index (χ4v) is 1.95.